The minimum absolute atomic E-state index is 0.290. The number of ether oxygens (including phenoxy) is 3. The largest absolute Gasteiger partial charge is 0.497 e. The van der Waals surface area contributed by atoms with Crippen LogP contribution in [0.1, 0.15) is 5.56 Å². The number of urea groups is 1. The predicted octanol–water partition coefficient (Wildman–Crippen LogP) is 4.35. The summed E-state index contributed by atoms with van der Waals surface area (Å²) in [7, 11) is 3.13. The number of anilines is 1. The van der Waals surface area contributed by atoms with Crippen molar-refractivity contribution in [2.45, 2.75) is 6.54 Å². The Morgan fingerprint density at radius 1 is 0.966 bits per heavy atom. The van der Waals surface area contributed by atoms with Gasteiger partial charge in [0.05, 0.1) is 26.1 Å². The van der Waals surface area contributed by atoms with Crippen LogP contribution in [0.15, 0.2) is 60.8 Å². The van der Waals surface area contributed by atoms with Gasteiger partial charge in [0.2, 0.25) is 5.88 Å². The van der Waals surface area contributed by atoms with E-state index in [1.54, 1.807) is 32.4 Å². The molecule has 0 aliphatic rings. The van der Waals surface area contributed by atoms with E-state index in [4.69, 9.17) is 14.2 Å². The second-order valence-electron chi connectivity index (χ2n) is 5.97. The third kappa shape index (κ3) is 5.83. The maximum Gasteiger partial charge on any atom is 0.319 e. The smallest absolute Gasteiger partial charge is 0.319 e. The monoisotopic (exact) mass is 397 g/mol. The molecule has 0 aliphatic carbocycles. The van der Waals surface area contributed by atoms with Gasteiger partial charge in [0.15, 0.2) is 0 Å². The Morgan fingerprint density at radius 3 is 2.24 bits per heavy atom. The molecule has 1 aromatic heterocycles. The molecule has 7 nitrogen and oxygen atoms in total. The third-order valence-electron chi connectivity index (χ3n) is 3.89. The standard InChI is InChI=1S/C21H20FN3O4/c1-27-18-9-14(10-19(11-18)28-2)12-24-21(26)25-16-5-8-20(23-13-16)29-17-6-3-15(22)4-7-17/h3-11,13H,12H2,1-2H3,(H2,24,25,26). The van der Waals surface area contributed by atoms with Crippen LogP contribution in [0.5, 0.6) is 23.1 Å². The molecule has 3 rings (SSSR count). The van der Waals surface area contributed by atoms with Gasteiger partial charge in [0, 0.05) is 18.7 Å². The van der Waals surface area contributed by atoms with E-state index in [1.165, 1.54) is 30.5 Å². The van der Waals surface area contributed by atoms with Gasteiger partial charge >= 0.3 is 6.03 Å². The minimum atomic E-state index is -0.388. The molecule has 0 saturated carbocycles. The van der Waals surface area contributed by atoms with Crippen LogP contribution in [0.2, 0.25) is 0 Å². The van der Waals surface area contributed by atoms with Gasteiger partial charge in [0.1, 0.15) is 23.1 Å². The number of methoxy groups -OCH3 is 2. The second kappa shape index (κ2) is 9.41. The molecular formula is C21H20FN3O4. The van der Waals surface area contributed by atoms with Crippen LogP contribution in [-0.4, -0.2) is 25.2 Å². The zero-order chi connectivity index (χ0) is 20.6. The fourth-order valence-corrected chi connectivity index (χ4v) is 2.46. The lowest BCUT2D eigenvalue weighted by molar-refractivity contribution is 0.251. The number of aromatic nitrogens is 1. The zero-order valence-corrected chi connectivity index (χ0v) is 15.9. The molecule has 150 valence electrons. The van der Waals surface area contributed by atoms with E-state index in [9.17, 15) is 9.18 Å². The molecule has 8 heteroatoms. The maximum atomic E-state index is 12.9. The number of hydrogen-bond donors (Lipinski definition) is 2. The molecule has 0 unspecified atom stereocenters. The van der Waals surface area contributed by atoms with E-state index in [0.717, 1.165) is 5.56 Å². The number of nitrogens with one attached hydrogen (secondary N) is 2. The number of carbonyl (C=O) groups is 1. The Morgan fingerprint density at radius 2 is 1.66 bits per heavy atom. The first-order chi connectivity index (χ1) is 14.1. The summed E-state index contributed by atoms with van der Waals surface area (Å²) >= 11 is 0. The fourth-order valence-electron chi connectivity index (χ4n) is 2.46. The van der Waals surface area contributed by atoms with Crippen molar-refractivity contribution in [2.24, 2.45) is 0 Å². The maximum absolute atomic E-state index is 12.9. The van der Waals surface area contributed by atoms with Crippen molar-refractivity contribution < 1.29 is 23.4 Å². The van der Waals surface area contributed by atoms with Crippen LogP contribution in [-0.2, 0) is 6.54 Å². The highest BCUT2D eigenvalue weighted by atomic mass is 19.1. The Labute approximate surface area is 167 Å². The number of pyridine rings is 1. The molecule has 2 aromatic carbocycles. The summed E-state index contributed by atoms with van der Waals surface area (Å²) in [6, 6.07) is 13.9. The first-order valence-electron chi connectivity index (χ1n) is 8.72. The zero-order valence-electron chi connectivity index (χ0n) is 15.9. The van der Waals surface area contributed by atoms with Crippen molar-refractivity contribution in [1.29, 1.82) is 0 Å². The normalized spacial score (nSPS) is 10.2. The Balaban J connectivity index is 1.53. The van der Waals surface area contributed by atoms with Crippen molar-refractivity contribution >= 4 is 11.7 Å². The average molecular weight is 397 g/mol. The molecule has 0 bridgehead atoms. The summed E-state index contributed by atoms with van der Waals surface area (Å²) < 4.78 is 28.9. The van der Waals surface area contributed by atoms with Crippen LogP contribution < -0.4 is 24.8 Å². The van der Waals surface area contributed by atoms with Gasteiger partial charge in [-0.2, -0.15) is 0 Å². The molecule has 1 heterocycles. The number of halogens is 1. The van der Waals surface area contributed by atoms with Gasteiger partial charge in [-0.3, -0.25) is 0 Å². The number of rotatable bonds is 7. The number of benzene rings is 2. The van der Waals surface area contributed by atoms with Crippen molar-refractivity contribution in [3.05, 3.63) is 72.2 Å². The van der Waals surface area contributed by atoms with Gasteiger partial charge in [-0.25, -0.2) is 14.2 Å². The van der Waals surface area contributed by atoms with Crippen molar-refractivity contribution in [3.8, 4) is 23.1 Å². The van der Waals surface area contributed by atoms with Crippen LogP contribution >= 0.6 is 0 Å². The molecular weight excluding hydrogens is 377 g/mol. The summed E-state index contributed by atoms with van der Waals surface area (Å²) in [5.41, 5.74) is 1.33. The van der Waals surface area contributed by atoms with E-state index >= 15 is 0 Å². The lowest BCUT2D eigenvalue weighted by Crippen LogP contribution is -2.28. The predicted molar refractivity (Wildman–Crippen MR) is 106 cm³/mol. The summed E-state index contributed by atoms with van der Waals surface area (Å²) in [6.45, 7) is 0.290. The molecule has 29 heavy (non-hydrogen) atoms. The second-order valence-corrected chi connectivity index (χ2v) is 5.97. The van der Waals surface area contributed by atoms with Crippen molar-refractivity contribution in [1.82, 2.24) is 10.3 Å². The first-order valence-corrected chi connectivity index (χ1v) is 8.72. The minimum Gasteiger partial charge on any atom is -0.497 e. The van der Waals surface area contributed by atoms with E-state index in [0.29, 0.717) is 35.4 Å². The molecule has 0 aliphatic heterocycles. The van der Waals surface area contributed by atoms with E-state index in [2.05, 4.69) is 15.6 Å². The van der Waals surface area contributed by atoms with E-state index < -0.39 is 0 Å². The molecule has 0 atom stereocenters. The quantitative estimate of drug-likeness (QED) is 0.619. The number of hydrogen-bond acceptors (Lipinski definition) is 5. The summed E-state index contributed by atoms with van der Waals surface area (Å²) in [5.74, 6) is 1.73. The van der Waals surface area contributed by atoms with Crippen molar-refractivity contribution in [2.75, 3.05) is 19.5 Å². The summed E-state index contributed by atoms with van der Waals surface area (Å²) in [4.78, 5) is 16.2. The van der Waals surface area contributed by atoms with Crippen LogP contribution in [0.4, 0.5) is 14.9 Å². The highest BCUT2D eigenvalue weighted by Crippen LogP contribution is 2.23. The van der Waals surface area contributed by atoms with Gasteiger partial charge in [0.25, 0.3) is 0 Å². The van der Waals surface area contributed by atoms with Gasteiger partial charge < -0.3 is 24.8 Å². The topological polar surface area (TPSA) is 81.7 Å². The van der Waals surface area contributed by atoms with Crippen LogP contribution in [0.25, 0.3) is 0 Å². The van der Waals surface area contributed by atoms with E-state index in [-0.39, 0.29) is 11.8 Å². The fraction of sp³-hybridized carbons (Fsp3) is 0.143. The number of nitrogens with zero attached hydrogens (tertiary/aromatic N) is 1. The Hall–Kier alpha value is -3.81. The molecule has 3 aromatic rings. The average Bonchev–Trinajstić information content (AvgIpc) is 2.75. The molecule has 0 saturated heterocycles. The summed E-state index contributed by atoms with van der Waals surface area (Å²) in [5, 5.41) is 5.44. The highest BCUT2D eigenvalue weighted by molar-refractivity contribution is 5.89. The Kier molecular flexibility index (Phi) is 6.47. The first kappa shape index (κ1) is 19.9. The van der Waals surface area contributed by atoms with Crippen LogP contribution in [0, 0.1) is 5.82 Å². The molecule has 0 fully saturated rings. The van der Waals surface area contributed by atoms with Gasteiger partial charge in [-0.05, 0) is 48.0 Å². The lowest BCUT2D eigenvalue weighted by Gasteiger charge is -2.11. The Bertz CT molecular complexity index is 940. The number of carbonyl (C=O) groups excluding carboxylic acids is 1. The lowest BCUT2D eigenvalue weighted by atomic mass is 10.2. The van der Waals surface area contributed by atoms with Gasteiger partial charge in [-0.15, -0.1) is 0 Å². The molecule has 0 radical (unpaired) electrons. The van der Waals surface area contributed by atoms with Crippen molar-refractivity contribution in [3.63, 3.8) is 0 Å². The molecule has 2 amide bonds. The molecule has 2 N–H and O–H groups in total. The summed E-state index contributed by atoms with van der Waals surface area (Å²) in [6.07, 6.45) is 1.47. The van der Waals surface area contributed by atoms with Gasteiger partial charge in [-0.1, -0.05) is 0 Å². The SMILES string of the molecule is COc1cc(CNC(=O)Nc2ccc(Oc3ccc(F)cc3)nc2)cc(OC)c1. The van der Waals surface area contributed by atoms with Crippen LogP contribution in [0.3, 0.4) is 0 Å². The molecule has 0 spiro atoms. The highest BCUT2D eigenvalue weighted by Gasteiger charge is 2.06. The number of amides is 2. The van der Waals surface area contributed by atoms with E-state index in [1.807, 2.05) is 12.1 Å². The third-order valence-corrected chi connectivity index (χ3v) is 3.89.